The Bertz CT molecular complexity index is 583. The number of esters is 1. The van der Waals surface area contributed by atoms with Crippen molar-refractivity contribution < 1.29 is 29.0 Å². The summed E-state index contributed by atoms with van der Waals surface area (Å²) in [7, 11) is 0. The van der Waals surface area contributed by atoms with Gasteiger partial charge in [0.15, 0.2) is 6.04 Å². The summed E-state index contributed by atoms with van der Waals surface area (Å²) in [5, 5.41) is 13.8. The zero-order valence-corrected chi connectivity index (χ0v) is 14.6. The molecular formula is C17H24N2O6. The summed E-state index contributed by atoms with van der Waals surface area (Å²) >= 11 is 0. The molecule has 1 unspecified atom stereocenters. The first kappa shape index (κ1) is 20.4. The SMILES string of the molecule is CC(C)(C)OC(=O)NCC(=O)NC(CO)C(=O)OCc1ccccc1. The zero-order valence-electron chi connectivity index (χ0n) is 14.6. The summed E-state index contributed by atoms with van der Waals surface area (Å²) < 4.78 is 10.0. The fourth-order valence-electron chi connectivity index (χ4n) is 1.72. The minimum absolute atomic E-state index is 0.0300. The minimum atomic E-state index is -1.21. The molecule has 138 valence electrons. The number of alkyl carbamates (subject to hydrolysis) is 1. The van der Waals surface area contributed by atoms with Crippen LogP contribution >= 0.6 is 0 Å². The maximum absolute atomic E-state index is 11.9. The predicted octanol–water partition coefficient (Wildman–Crippen LogP) is 0.732. The average molecular weight is 352 g/mol. The summed E-state index contributed by atoms with van der Waals surface area (Å²) in [6, 6.07) is 7.79. The predicted molar refractivity (Wildman–Crippen MR) is 89.5 cm³/mol. The number of benzene rings is 1. The van der Waals surface area contributed by atoms with Gasteiger partial charge in [0.05, 0.1) is 6.61 Å². The van der Waals surface area contributed by atoms with Crippen LogP contribution in [0.5, 0.6) is 0 Å². The van der Waals surface area contributed by atoms with Gasteiger partial charge in [-0.3, -0.25) is 4.79 Å². The Labute approximate surface area is 146 Å². The van der Waals surface area contributed by atoms with Gasteiger partial charge in [-0.25, -0.2) is 9.59 Å². The maximum atomic E-state index is 11.9. The topological polar surface area (TPSA) is 114 Å². The minimum Gasteiger partial charge on any atom is -0.459 e. The lowest BCUT2D eigenvalue weighted by atomic mass is 10.2. The second-order valence-corrected chi connectivity index (χ2v) is 6.25. The van der Waals surface area contributed by atoms with E-state index in [1.54, 1.807) is 45.0 Å². The third kappa shape index (κ3) is 8.71. The molecule has 1 atom stereocenters. The number of carbonyl (C=O) groups excluding carboxylic acids is 3. The molecule has 0 heterocycles. The number of aliphatic hydroxyl groups is 1. The molecule has 0 fully saturated rings. The lowest BCUT2D eigenvalue weighted by molar-refractivity contribution is -0.150. The molecule has 0 aliphatic carbocycles. The molecule has 2 amide bonds. The van der Waals surface area contributed by atoms with Gasteiger partial charge < -0.3 is 25.2 Å². The fraction of sp³-hybridized carbons (Fsp3) is 0.471. The van der Waals surface area contributed by atoms with Crippen LogP contribution in [0.25, 0.3) is 0 Å². The van der Waals surface area contributed by atoms with E-state index in [0.29, 0.717) is 0 Å². The lowest BCUT2D eigenvalue weighted by Crippen LogP contribution is -2.48. The number of amides is 2. The van der Waals surface area contributed by atoms with Gasteiger partial charge in [-0.15, -0.1) is 0 Å². The molecule has 0 aliphatic rings. The Hall–Kier alpha value is -2.61. The third-order valence-electron chi connectivity index (χ3n) is 2.82. The van der Waals surface area contributed by atoms with E-state index in [2.05, 4.69) is 10.6 Å². The molecular weight excluding hydrogens is 328 g/mol. The van der Waals surface area contributed by atoms with Crippen molar-refractivity contribution in [1.29, 1.82) is 0 Å². The summed E-state index contributed by atoms with van der Waals surface area (Å²) in [5.41, 5.74) is 0.0978. The lowest BCUT2D eigenvalue weighted by Gasteiger charge is -2.20. The van der Waals surface area contributed by atoms with E-state index in [1.165, 1.54) is 0 Å². The van der Waals surface area contributed by atoms with Crippen molar-refractivity contribution in [3.63, 3.8) is 0 Å². The first-order valence-corrected chi connectivity index (χ1v) is 7.79. The molecule has 25 heavy (non-hydrogen) atoms. The molecule has 0 radical (unpaired) electrons. The van der Waals surface area contributed by atoms with Gasteiger partial charge >= 0.3 is 12.1 Å². The number of ether oxygens (including phenoxy) is 2. The highest BCUT2D eigenvalue weighted by atomic mass is 16.6. The van der Waals surface area contributed by atoms with Gasteiger partial charge in [0.25, 0.3) is 0 Å². The first-order chi connectivity index (χ1) is 11.7. The van der Waals surface area contributed by atoms with E-state index in [4.69, 9.17) is 9.47 Å². The van der Waals surface area contributed by atoms with Crippen LogP contribution in [0.4, 0.5) is 4.79 Å². The Balaban J connectivity index is 2.39. The molecule has 0 saturated heterocycles. The fourth-order valence-corrected chi connectivity index (χ4v) is 1.72. The molecule has 3 N–H and O–H groups in total. The van der Waals surface area contributed by atoms with Gasteiger partial charge in [0.1, 0.15) is 18.8 Å². The molecule has 0 aromatic heterocycles. The van der Waals surface area contributed by atoms with Crippen molar-refractivity contribution >= 4 is 18.0 Å². The Kier molecular flexibility index (Phi) is 7.87. The molecule has 0 spiro atoms. The van der Waals surface area contributed by atoms with Crippen LogP contribution in [-0.4, -0.2) is 47.9 Å². The molecule has 8 heteroatoms. The highest BCUT2D eigenvalue weighted by Crippen LogP contribution is 2.06. The third-order valence-corrected chi connectivity index (χ3v) is 2.82. The normalized spacial score (nSPS) is 12.0. The maximum Gasteiger partial charge on any atom is 0.408 e. The van der Waals surface area contributed by atoms with Crippen molar-refractivity contribution in [1.82, 2.24) is 10.6 Å². The zero-order chi connectivity index (χ0) is 18.9. The number of aliphatic hydroxyl groups excluding tert-OH is 1. The highest BCUT2D eigenvalue weighted by molar-refractivity contribution is 5.87. The van der Waals surface area contributed by atoms with Gasteiger partial charge in [-0.2, -0.15) is 0 Å². The summed E-state index contributed by atoms with van der Waals surface area (Å²) in [4.78, 5) is 35.1. The van der Waals surface area contributed by atoms with Crippen molar-refractivity contribution in [2.75, 3.05) is 13.2 Å². The quantitative estimate of drug-likeness (QED) is 0.624. The van der Waals surface area contributed by atoms with Crippen LogP contribution in [0.3, 0.4) is 0 Å². The van der Waals surface area contributed by atoms with E-state index >= 15 is 0 Å². The van der Waals surface area contributed by atoms with E-state index in [9.17, 15) is 19.5 Å². The number of hydrogen-bond acceptors (Lipinski definition) is 6. The second-order valence-electron chi connectivity index (χ2n) is 6.25. The Morgan fingerprint density at radius 2 is 1.80 bits per heavy atom. The van der Waals surface area contributed by atoms with Gasteiger partial charge in [0, 0.05) is 0 Å². The van der Waals surface area contributed by atoms with E-state index in [-0.39, 0.29) is 6.61 Å². The number of hydrogen-bond donors (Lipinski definition) is 3. The number of nitrogens with one attached hydrogen (secondary N) is 2. The van der Waals surface area contributed by atoms with Crippen molar-refractivity contribution in [2.45, 2.75) is 39.0 Å². The van der Waals surface area contributed by atoms with E-state index < -0.39 is 42.8 Å². The van der Waals surface area contributed by atoms with Gasteiger partial charge in [-0.05, 0) is 26.3 Å². The van der Waals surface area contributed by atoms with Crippen LogP contribution in [0.2, 0.25) is 0 Å². The van der Waals surface area contributed by atoms with Gasteiger partial charge in [-0.1, -0.05) is 30.3 Å². The van der Waals surface area contributed by atoms with Crippen LogP contribution in [0, 0.1) is 0 Å². The smallest absolute Gasteiger partial charge is 0.408 e. The second kappa shape index (κ2) is 9.63. The first-order valence-electron chi connectivity index (χ1n) is 7.79. The summed E-state index contributed by atoms with van der Waals surface area (Å²) in [6.45, 7) is 4.09. The van der Waals surface area contributed by atoms with Crippen molar-refractivity contribution in [3.8, 4) is 0 Å². The number of carbonyl (C=O) groups is 3. The molecule has 0 bridgehead atoms. The van der Waals surface area contributed by atoms with Crippen LogP contribution in [-0.2, 0) is 25.7 Å². The summed E-state index contributed by atoms with van der Waals surface area (Å²) in [5.74, 6) is -1.42. The molecule has 8 nitrogen and oxygen atoms in total. The Morgan fingerprint density at radius 1 is 1.16 bits per heavy atom. The van der Waals surface area contributed by atoms with Crippen molar-refractivity contribution in [3.05, 3.63) is 35.9 Å². The summed E-state index contributed by atoms with van der Waals surface area (Å²) in [6.07, 6.45) is -0.755. The largest absolute Gasteiger partial charge is 0.459 e. The average Bonchev–Trinajstić information content (AvgIpc) is 2.55. The number of rotatable bonds is 7. The molecule has 1 aromatic carbocycles. The Morgan fingerprint density at radius 3 is 2.36 bits per heavy atom. The van der Waals surface area contributed by atoms with Crippen LogP contribution in [0.15, 0.2) is 30.3 Å². The highest BCUT2D eigenvalue weighted by Gasteiger charge is 2.22. The van der Waals surface area contributed by atoms with Crippen LogP contribution in [0.1, 0.15) is 26.3 Å². The monoisotopic (exact) mass is 352 g/mol. The van der Waals surface area contributed by atoms with Crippen molar-refractivity contribution in [2.24, 2.45) is 0 Å². The van der Waals surface area contributed by atoms with E-state index in [0.717, 1.165) is 5.56 Å². The molecule has 0 saturated carbocycles. The van der Waals surface area contributed by atoms with Gasteiger partial charge in [0.2, 0.25) is 5.91 Å². The molecule has 1 rings (SSSR count). The molecule has 0 aliphatic heterocycles. The standard InChI is InChI=1S/C17H24N2O6/c1-17(2,3)25-16(23)18-9-14(21)19-13(10-20)15(22)24-11-12-7-5-4-6-8-12/h4-8,13,20H,9-11H2,1-3H3,(H,18,23)(H,19,21). The van der Waals surface area contributed by atoms with E-state index in [1.807, 2.05) is 6.07 Å². The molecule has 1 aromatic rings. The van der Waals surface area contributed by atoms with Crippen LogP contribution < -0.4 is 10.6 Å².